The molecule has 0 saturated carbocycles. The van der Waals surface area contributed by atoms with Gasteiger partial charge < -0.3 is 5.32 Å². The highest BCUT2D eigenvalue weighted by atomic mass is 16.1. The number of aliphatic imine (C=N–C) groups is 1. The number of nitrogens with zero attached hydrogens (tertiary/aromatic N) is 4. The van der Waals surface area contributed by atoms with E-state index in [0.29, 0.717) is 17.2 Å². The van der Waals surface area contributed by atoms with Crippen LogP contribution in [0, 0.1) is 0 Å². The van der Waals surface area contributed by atoms with Crippen LogP contribution < -0.4 is 5.32 Å². The number of hydrogen-bond acceptors (Lipinski definition) is 4. The molecule has 6 heteroatoms. The molecule has 2 aromatic rings. The Hall–Kier alpha value is -3.02. The van der Waals surface area contributed by atoms with E-state index in [0.717, 1.165) is 5.56 Å². The minimum atomic E-state index is -0.163. The molecule has 2 rings (SSSR count). The second kappa shape index (κ2) is 6.42. The van der Waals surface area contributed by atoms with Crippen LogP contribution in [0.3, 0.4) is 0 Å². The number of carbonyl (C=O) groups is 1. The predicted molar refractivity (Wildman–Crippen MR) is 83.8 cm³/mol. The molecular formula is C15H15N5O. The van der Waals surface area contributed by atoms with Gasteiger partial charge in [-0.3, -0.25) is 9.79 Å². The molecule has 21 heavy (non-hydrogen) atoms. The van der Waals surface area contributed by atoms with Gasteiger partial charge in [0.2, 0.25) is 5.91 Å². The summed E-state index contributed by atoms with van der Waals surface area (Å²) in [5.41, 5.74) is 2.23. The van der Waals surface area contributed by atoms with Crippen molar-refractivity contribution in [3.63, 3.8) is 0 Å². The van der Waals surface area contributed by atoms with Gasteiger partial charge in [-0.05, 0) is 24.9 Å². The SMILES string of the molecule is C=C/C(=C\N=C)n1cc(-c2cccc(NC(C)=O)n2)cn1. The van der Waals surface area contributed by atoms with E-state index in [4.69, 9.17) is 0 Å². The summed E-state index contributed by atoms with van der Waals surface area (Å²) in [6.45, 7) is 8.56. The van der Waals surface area contributed by atoms with Crippen molar-refractivity contribution in [3.05, 3.63) is 49.4 Å². The Morgan fingerprint density at radius 3 is 2.95 bits per heavy atom. The van der Waals surface area contributed by atoms with Crippen LogP contribution in [0.2, 0.25) is 0 Å². The molecule has 0 aliphatic carbocycles. The van der Waals surface area contributed by atoms with Crippen LogP contribution in [-0.4, -0.2) is 27.4 Å². The van der Waals surface area contributed by atoms with E-state index in [1.54, 1.807) is 35.4 Å². The first-order valence-corrected chi connectivity index (χ1v) is 6.22. The quantitative estimate of drug-likeness (QED) is 0.676. The van der Waals surface area contributed by atoms with Crippen molar-refractivity contribution < 1.29 is 4.79 Å². The largest absolute Gasteiger partial charge is 0.311 e. The molecule has 2 heterocycles. The average Bonchev–Trinajstić information content (AvgIpc) is 2.94. The first kappa shape index (κ1) is 14.4. The molecule has 0 bridgehead atoms. The summed E-state index contributed by atoms with van der Waals surface area (Å²) in [6.07, 6.45) is 6.68. The van der Waals surface area contributed by atoms with Gasteiger partial charge in [-0.1, -0.05) is 12.6 Å². The van der Waals surface area contributed by atoms with Crippen LogP contribution in [0.4, 0.5) is 5.82 Å². The third kappa shape index (κ3) is 3.50. The minimum Gasteiger partial charge on any atom is -0.311 e. The predicted octanol–water partition coefficient (Wildman–Crippen LogP) is 2.59. The molecule has 0 aliphatic heterocycles. The lowest BCUT2D eigenvalue weighted by atomic mass is 10.2. The average molecular weight is 281 g/mol. The summed E-state index contributed by atoms with van der Waals surface area (Å²) < 4.78 is 1.63. The van der Waals surface area contributed by atoms with Crippen molar-refractivity contribution in [1.82, 2.24) is 14.8 Å². The molecule has 1 N–H and O–H groups in total. The lowest BCUT2D eigenvalue weighted by Crippen LogP contribution is -2.07. The summed E-state index contributed by atoms with van der Waals surface area (Å²) in [6, 6.07) is 5.39. The van der Waals surface area contributed by atoms with E-state index < -0.39 is 0 Å². The van der Waals surface area contributed by atoms with Crippen LogP contribution in [-0.2, 0) is 4.79 Å². The van der Waals surface area contributed by atoms with Gasteiger partial charge >= 0.3 is 0 Å². The van der Waals surface area contributed by atoms with Crippen molar-refractivity contribution in [2.24, 2.45) is 4.99 Å². The number of allylic oxidation sites excluding steroid dienone is 2. The van der Waals surface area contributed by atoms with Crippen LogP contribution in [0.25, 0.3) is 17.0 Å². The molecule has 2 aromatic heterocycles. The van der Waals surface area contributed by atoms with Gasteiger partial charge in [0.05, 0.1) is 23.8 Å². The molecule has 106 valence electrons. The Balaban J connectivity index is 2.33. The molecule has 0 fully saturated rings. The van der Waals surface area contributed by atoms with Gasteiger partial charge in [-0.15, -0.1) is 0 Å². The highest BCUT2D eigenvalue weighted by molar-refractivity contribution is 5.87. The number of amides is 1. The zero-order valence-electron chi connectivity index (χ0n) is 11.7. The molecule has 6 nitrogen and oxygen atoms in total. The van der Waals surface area contributed by atoms with Gasteiger partial charge in [-0.2, -0.15) is 5.10 Å². The van der Waals surface area contributed by atoms with Gasteiger partial charge in [0.15, 0.2) is 0 Å². The molecule has 0 aliphatic rings. The van der Waals surface area contributed by atoms with Crippen molar-refractivity contribution in [3.8, 4) is 11.3 Å². The summed E-state index contributed by atoms with van der Waals surface area (Å²) in [4.78, 5) is 19.1. The molecule has 0 spiro atoms. The molecule has 0 atom stereocenters. The fraction of sp³-hybridized carbons (Fsp3) is 0.0667. The van der Waals surface area contributed by atoms with Crippen LogP contribution in [0.5, 0.6) is 0 Å². The Morgan fingerprint density at radius 1 is 1.48 bits per heavy atom. The van der Waals surface area contributed by atoms with E-state index in [2.05, 4.69) is 33.7 Å². The summed E-state index contributed by atoms with van der Waals surface area (Å²) in [5, 5.41) is 6.88. The van der Waals surface area contributed by atoms with Gasteiger partial charge in [-0.25, -0.2) is 9.67 Å². The molecule has 1 amide bonds. The monoisotopic (exact) mass is 281 g/mol. The third-order valence-electron chi connectivity index (χ3n) is 2.63. The van der Waals surface area contributed by atoms with Crippen molar-refractivity contribution in [1.29, 1.82) is 0 Å². The van der Waals surface area contributed by atoms with E-state index >= 15 is 0 Å². The third-order valence-corrected chi connectivity index (χ3v) is 2.63. The van der Waals surface area contributed by atoms with E-state index in [9.17, 15) is 4.79 Å². The lowest BCUT2D eigenvalue weighted by molar-refractivity contribution is -0.114. The zero-order valence-corrected chi connectivity index (χ0v) is 11.7. The summed E-state index contributed by atoms with van der Waals surface area (Å²) >= 11 is 0. The standard InChI is InChI=1S/C15H15N5O/c1-4-13(9-16-3)20-10-12(8-17-20)14-6-5-7-15(19-14)18-11(2)21/h4-10H,1,3H2,2H3,(H,18,19,21)/b13-9+. The fourth-order valence-corrected chi connectivity index (χ4v) is 1.74. The van der Waals surface area contributed by atoms with Crippen molar-refractivity contribution >= 4 is 24.1 Å². The Morgan fingerprint density at radius 2 is 2.29 bits per heavy atom. The van der Waals surface area contributed by atoms with Gasteiger partial charge in [0.1, 0.15) is 5.82 Å². The van der Waals surface area contributed by atoms with E-state index in [-0.39, 0.29) is 5.91 Å². The number of hydrogen-bond donors (Lipinski definition) is 1. The molecule has 0 saturated heterocycles. The molecule has 0 unspecified atom stereocenters. The molecule has 0 aromatic carbocycles. The maximum Gasteiger partial charge on any atom is 0.222 e. The first-order chi connectivity index (χ1) is 10.1. The van der Waals surface area contributed by atoms with E-state index in [1.165, 1.54) is 6.92 Å². The summed E-state index contributed by atoms with van der Waals surface area (Å²) in [5.74, 6) is 0.337. The second-order valence-corrected chi connectivity index (χ2v) is 4.20. The van der Waals surface area contributed by atoms with Crippen molar-refractivity contribution in [2.75, 3.05) is 5.32 Å². The topological polar surface area (TPSA) is 72.2 Å². The number of nitrogens with one attached hydrogen (secondary N) is 1. The van der Waals surface area contributed by atoms with Crippen LogP contribution in [0.1, 0.15) is 6.92 Å². The second-order valence-electron chi connectivity index (χ2n) is 4.20. The zero-order chi connectivity index (χ0) is 15.2. The number of carbonyl (C=O) groups excluding carboxylic acids is 1. The van der Waals surface area contributed by atoms with Crippen molar-refractivity contribution in [2.45, 2.75) is 6.92 Å². The Bertz CT molecular complexity index is 714. The minimum absolute atomic E-state index is 0.163. The highest BCUT2D eigenvalue weighted by Crippen LogP contribution is 2.19. The maximum atomic E-state index is 11.1. The van der Waals surface area contributed by atoms with E-state index in [1.807, 2.05) is 12.1 Å². The maximum absolute atomic E-state index is 11.1. The number of pyridine rings is 1. The normalized spacial score (nSPS) is 11.0. The fourth-order valence-electron chi connectivity index (χ4n) is 1.74. The van der Waals surface area contributed by atoms with Gasteiger partial charge in [0.25, 0.3) is 0 Å². The number of rotatable bonds is 5. The Labute approximate surface area is 122 Å². The highest BCUT2D eigenvalue weighted by Gasteiger charge is 2.06. The molecular weight excluding hydrogens is 266 g/mol. The Kier molecular flexibility index (Phi) is 4.40. The number of aromatic nitrogens is 3. The smallest absolute Gasteiger partial charge is 0.222 e. The van der Waals surface area contributed by atoms with Crippen LogP contribution >= 0.6 is 0 Å². The lowest BCUT2D eigenvalue weighted by Gasteiger charge is -2.03. The summed E-state index contributed by atoms with van der Waals surface area (Å²) in [7, 11) is 0. The van der Waals surface area contributed by atoms with Crippen LogP contribution in [0.15, 0.2) is 54.4 Å². The first-order valence-electron chi connectivity index (χ1n) is 6.22. The van der Waals surface area contributed by atoms with Gasteiger partial charge in [0, 0.05) is 18.7 Å². The molecule has 0 radical (unpaired) electrons. The number of anilines is 1.